The molecule has 6 heteroatoms. The Morgan fingerprint density at radius 3 is 2.56 bits per heavy atom. The predicted molar refractivity (Wildman–Crippen MR) is 113 cm³/mol. The Morgan fingerprint density at radius 2 is 1.89 bits per heavy atom. The van der Waals surface area contributed by atoms with Crippen LogP contribution in [0.25, 0.3) is 0 Å². The normalized spacial score (nSPS) is 25.9. The number of ketones is 1. The number of nitrogens with zero attached hydrogens (tertiary/aromatic N) is 2. The molecule has 0 bridgehead atoms. The Labute approximate surface area is 171 Å². The Bertz CT molecular complexity index is 680. The molecule has 2 atom stereocenters. The summed E-state index contributed by atoms with van der Waals surface area (Å²) in [5.74, 6) is 2.58. The number of carbonyl (C=O) groups is 2. The van der Waals surface area contributed by atoms with E-state index in [0.29, 0.717) is 12.3 Å². The fourth-order valence-corrected chi connectivity index (χ4v) is 6.12. The smallest absolute Gasteiger partial charge is 0.242 e. The molecule has 0 radical (unpaired) electrons. The summed E-state index contributed by atoms with van der Waals surface area (Å²) in [6, 6.07) is 8.32. The van der Waals surface area contributed by atoms with Crippen LogP contribution in [0.5, 0.6) is 0 Å². The third-order valence-electron chi connectivity index (χ3n) is 6.27. The van der Waals surface area contributed by atoms with E-state index in [9.17, 15) is 9.59 Å². The minimum absolute atomic E-state index is 0.0945. The highest BCUT2D eigenvalue weighted by atomic mass is 32.2. The largest absolute Gasteiger partial charge is 0.331 e. The van der Waals surface area contributed by atoms with Crippen LogP contribution >= 0.6 is 24.6 Å². The van der Waals surface area contributed by atoms with Crippen molar-refractivity contribution in [3.8, 4) is 0 Å². The highest BCUT2D eigenvalue weighted by molar-refractivity contribution is 7.99. The molecule has 1 aromatic carbocycles. The zero-order valence-corrected chi connectivity index (χ0v) is 17.4. The fraction of sp³-hybridized carbons (Fsp3) is 0.619. The van der Waals surface area contributed by atoms with Crippen molar-refractivity contribution in [2.75, 3.05) is 24.7 Å². The molecular formula is C21H28N2O2S2. The van der Waals surface area contributed by atoms with Crippen LogP contribution in [0.1, 0.15) is 36.8 Å². The van der Waals surface area contributed by atoms with Gasteiger partial charge < -0.3 is 4.90 Å². The quantitative estimate of drug-likeness (QED) is 0.739. The van der Waals surface area contributed by atoms with Gasteiger partial charge >= 0.3 is 0 Å². The molecule has 0 aromatic heterocycles. The van der Waals surface area contributed by atoms with Crippen LogP contribution in [0.4, 0.5) is 0 Å². The molecule has 2 saturated heterocycles. The van der Waals surface area contributed by atoms with E-state index >= 15 is 0 Å². The molecule has 1 aliphatic carbocycles. The summed E-state index contributed by atoms with van der Waals surface area (Å²) < 4.78 is 1.79. The third-order valence-corrected chi connectivity index (χ3v) is 7.69. The topological polar surface area (TPSA) is 40.6 Å². The number of hydrogen-bond donors (Lipinski definition) is 1. The monoisotopic (exact) mass is 404 g/mol. The van der Waals surface area contributed by atoms with E-state index < -0.39 is 0 Å². The number of amides is 1. The molecule has 1 aromatic rings. The summed E-state index contributed by atoms with van der Waals surface area (Å²) >= 11 is 6.27. The average molecular weight is 405 g/mol. The molecule has 2 heterocycles. The van der Waals surface area contributed by atoms with Gasteiger partial charge in [0.15, 0.2) is 0 Å². The van der Waals surface area contributed by atoms with E-state index in [-0.39, 0.29) is 23.7 Å². The zero-order valence-electron chi connectivity index (χ0n) is 15.7. The summed E-state index contributed by atoms with van der Waals surface area (Å²) in [5, 5.41) is 0. The van der Waals surface area contributed by atoms with E-state index in [1.807, 2.05) is 4.90 Å². The summed E-state index contributed by atoms with van der Waals surface area (Å²) in [6.07, 6.45) is 5.67. The predicted octanol–water partition coefficient (Wildman–Crippen LogP) is 3.21. The van der Waals surface area contributed by atoms with Crippen molar-refractivity contribution in [2.45, 2.75) is 44.6 Å². The van der Waals surface area contributed by atoms with Crippen LogP contribution in [0.3, 0.4) is 0 Å². The van der Waals surface area contributed by atoms with Gasteiger partial charge in [-0.3, -0.25) is 9.59 Å². The van der Waals surface area contributed by atoms with E-state index in [2.05, 4.69) is 37.1 Å². The number of benzene rings is 1. The maximum atomic E-state index is 12.9. The molecule has 4 nitrogen and oxygen atoms in total. The SMILES string of the molecule is O=C(CCCC1Cc2ccccc2C1)C1CCN(S)[C@H]1C(=O)N1CCSC1. The number of rotatable bonds is 6. The first-order chi connectivity index (χ1) is 13.1. The van der Waals surface area contributed by atoms with E-state index in [4.69, 9.17) is 0 Å². The molecule has 2 aliphatic heterocycles. The van der Waals surface area contributed by atoms with Gasteiger partial charge in [-0.15, -0.1) is 11.8 Å². The fourth-order valence-electron chi connectivity index (χ4n) is 4.79. The molecule has 0 N–H and O–H groups in total. The summed E-state index contributed by atoms with van der Waals surface area (Å²) in [4.78, 5) is 27.6. The van der Waals surface area contributed by atoms with Gasteiger partial charge in [0.1, 0.15) is 11.8 Å². The maximum absolute atomic E-state index is 12.9. The van der Waals surface area contributed by atoms with Crippen molar-refractivity contribution >= 4 is 36.3 Å². The number of fused-ring (bicyclic) bond motifs is 1. The summed E-state index contributed by atoms with van der Waals surface area (Å²) in [6.45, 7) is 1.51. The number of carbonyl (C=O) groups excluding carboxylic acids is 2. The lowest BCUT2D eigenvalue weighted by Gasteiger charge is -2.27. The second-order valence-electron chi connectivity index (χ2n) is 8.04. The van der Waals surface area contributed by atoms with Crippen molar-refractivity contribution in [3.05, 3.63) is 35.4 Å². The van der Waals surface area contributed by atoms with E-state index in [1.54, 1.807) is 16.1 Å². The van der Waals surface area contributed by atoms with Gasteiger partial charge in [-0.05, 0) is 49.1 Å². The van der Waals surface area contributed by atoms with Crippen molar-refractivity contribution < 1.29 is 9.59 Å². The molecule has 2 fully saturated rings. The molecule has 3 aliphatic rings. The molecule has 4 rings (SSSR count). The molecule has 1 unspecified atom stereocenters. The minimum atomic E-state index is -0.365. The lowest BCUT2D eigenvalue weighted by atomic mass is 9.90. The Morgan fingerprint density at radius 1 is 1.15 bits per heavy atom. The molecule has 27 heavy (non-hydrogen) atoms. The lowest BCUT2D eigenvalue weighted by molar-refractivity contribution is -0.137. The van der Waals surface area contributed by atoms with E-state index in [0.717, 1.165) is 56.8 Å². The molecule has 0 saturated carbocycles. The Kier molecular flexibility index (Phi) is 6.15. The molecule has 0 spiro atoms. The second kappa shape index (κ2) is 8.58. The van der Waals surface area contributed by atoms with Crippen LogP contribution < -0.4 is 0 Å². The van der Waals surface area contributed by atoms with Crippen molar-refractivity contribution in [3.63, 3.8) is 0 Å². The summed E-state index contributed by atoms with van der Waals surface area (Å²) in [7, 11) is 0. The van der Waals surface area contributed by atoms with E-state index in [1.165, 1.54) is 11.1 Å². The van der Waals surface area contributed by atoms with Crippen LogP contribution in [-0.4, -0.2) is 51.7 Å². The average Bonchev–Trinajstić information content (AvgIpc) is 3.40. The van der Waals surface area contributed by atoms with Crippen LogP contribution in [-0.2, 0) is 22.4 Å². The lowest BCUT2D eigenvalue weighted by Crippen LogP contribution is -2.46. The Balaban J connectivity index is 1.28. The van der Waals surface area contributed by atoms with Crippen LogP contribution in [0, 0.1) is 11.8 Å². The van der Waals surface area contributed by atoms with Gasteiger partial charge in [0.05, 0.1) is 5.88 Å². The first-order valence-corrected chi connectivity index (χ1v) is 11.6. The van der Waals surface area contributed by atoms with Gasteiger partial charge in [0.2, 0.25) is 5.91 Å². The number of Topliss-reactive ketones (excluding diaryl/α,β-unsaturated/α-hetero) is 1. The van der Waals surface area contributed by atoms with Crippen LogP contribution in [0.15, 0.2) is 24.3 Å². The standard InChI is InChI=1S/C21H28N2O2S2/c24-19(7-3-4-15-12-16-5-1-2-6-17(16)13-15)18-8-9-23(26)20(18)21(25)22-10-11-27-14-22/h1-2,5-6,15,18,20,26H,3-4,7-14H2/t18?,20-/m1/s1. The summed E-state index contributed by atoms with van der Waals surface area (Å²) in [5.41, 5.74) is 2.95. The van der Waals surface area contributed by atoms with Crippen molar-refractivity contribution in [1.82, 2.24) is 9.21 Å². The van der Waals surface area contributed by atoms with Crippen molar-refractivity contribution in [1.29, 1.82) is 0 Å². The first-order valence-electron chi connectivity index (χ1n) is 10.0. The number of thioether (sulfide) groups is 1. The van der Waals surface area contributed by atoms with Gasteiger partial charge in [0, 0.05) is 31.2 Å². The number of hydrogen-bond acceptors (Lipinski definition) is 5. The zero-order chi connectivity index (χ0) is 18.8. The van der Waals surface area contributed by atoms with Crippen molar-refractivity contribution in [2.24, 2.45) is 11.8 Å². The molecular weight excluding hydrogens is 376 g/mol. The Hall–Kier alpha value is -0.980. The maximum Gasteiger partial charge on any atom is 0.242 e. The highest BCUT2D eigenvalue weighted by Crippen LogP contribution is 2.33. The molecule has 146 valence electrons. The highest BCUT2D eigenvalue weighted by Gasteiger charge is 2.43. The number of thiol groups is 1. The van der Waals surface area contributed by atoms with Gasteiger partial charge in [-0.2, -0.15) is 0 Å². The van der Waals surface area contributed by atoms with Crippen LogP contribution in [0.2, 0.25) is 0 Å². The van der Waals surface area contributed by atoms with Gasteiger partial charge in [-0.25, -0.2) is 4.31 Å². The third kappa shape index (κ3) is 4.22. The second-order valence-corrected chi connectivity index (χ2v) is 9.63. The minimum Gasteiger partial charge on any atom is -0.331 e. The molecule has 1 amide bonds. The van der Waals surface area contributed by atoms with Gasteiger partial charge in [-0.1, -0.05) is 37.1 Å². The van der Waals surface area contributed by atoms with Gasteiger partial charge in [0.25, 0.3) is 0 Å². The first kappa shape index (κ1) is 19.3.